The van der Waals surface area contributed by atoms with Crippen LogP contribution in [0.2, 0.25) is 4.34 Å². The molecular formula is C15H15ClN2OS. The van der Waals surface area contributed by atoms with E-state index in [9.17, 15) is 4.79 Å². The largest absolute Gasteiger partial charge is 0.399 e. The zero-order valence-corrected chi connectivity index (χ0v) is 12.4. The Bertz CT molecular complexity index is 605. The Hall–Kier alpha value is -1.78. The summed E-state index contributed by atoms with van der Waals surface area (Å²) in [5, 5.41) is 2.84. The van der Waals surface area contributed by atoms with Gasteiger partial charge in [-0.3, -0.25) is 4.79 Å². The number of nitrogen functional groups attached to an aromatic ring is 1. The lowest BCUT2D eigenvalue weighted by molar-refractivity contribution is -0.116. The summed E-state index contributed by atoms with van der Waals surface area (Å²) in [6.07, 6.45) is 4.07. The van der Waals surface area contributed by atoms with Gasteiger partial charge in [-0.1, -0.05) is 23.7 Å². The molecule has 3 N–H and O–H groups in total. The van der Waals surface area contributed by atoms with Gasteiger partial charge in [-0.15, -0.1) is 11.3 Å². The number of thiophene rings is 1. The second-order valence-corrected chi connectivity index (χ2v) is 6.05. The van der Waals surface area contributed by atoms with Crippen LogP contribution < -0.4 is 11.1 Å². The molecule has 2 aromatic rings. The van der Waals surface area contributed by atoms with Crippen LogP contribution in [-0.2, 0) is 11.2 Å². The summed E-state index contributed by atoms with van der Waals surface area (Å²) in [4.78, 5) is 12.8. The van der Waals surface area contributed by atoms with Crippen LogP contribution in [0.4, 0.5) is 5.69 Å². The Morgan fingerprint density at radius 1 is 1.25 bits per heavy atom. The number of rotatable bonds is 5. The van der Waals surface area contributed by atoms with E-state index >= 15 is 0 Å². The molecule has 3 nitrogen and oxygen atoms in total. The van der Waals surface area contributed by atoms with Crippen LogP contribution in [0.5, 0.6) is 0 Å². The maximum Gasteiger partial charge on any atom is 0.244 e. The van der Waals surface area contributed by atoms with Crippen LogP contribution in [0.1, 0.15) is 10.4 Å². The molecule has 0 spiro atoms. The fourth-order valence-corrected chi connectivity index (χ4v) is 2.72. The number of amides is 1. The minimum Gasteiger partial charge on any atom is -0.399 e. The standard InChI is InChI=1S/C15H15ClN2OS/c16-14-7-6-13(20-14)9-10-18-15(19)8-3-11-1-4-12(17)5-2-11/h1-8H,9-10,17H2,(H,18,19)/b8-3+. The van der Waals surface area contributed by atoms with Crippen molar-refractivity contribution in [2.45, 2.75) is 6.42 Å². The quantitative estimate of drug-likeness (QED) is 0.657. The molecule has 0 radical (unpaired) electrons. The average Bonchev–Trinajstić information content (AvgIpc) is 2.84. The molecular weight excluding hydrogens is 292 g/mol. The molecule has 0 aliphatic rings. The Labute approximate surface area is 127 Å². The van der Waals surface area contributed by atoms with E-state index in [1.165, 1.54) is 17.4 Å². The molecule has 104 valence electrons. The summed E-state index contributed by atoms with van der Waals surface area (Å²) in [7, 11) is 0. The summed E-state index contributed by atoms with van der Waals surface area (Å²) in [6.45, 7) is 0.599. The van der Waals surface area contributed by atoms with Crippen LogP contribution in [0.3, 0.4) is 0 Å². The number of halogens is 1. The van der Waals surface area contributed by atoms with Crippen molar-refractivity contribution in [3.63, 3.8) is 0 Å². The maximum atomic E-state index is 11.6. The van der Waals surface area contributed by atoms with Gasteiger partial charge in [0.05, 0.1) is 4.34 Å². The fraction of sp³-hybridized carbons (Fsp3) is 0.133. The lowest BCUT2D eigenvalue weighted by atomic mass is 10.2. The van der Waals surface area contributed by atoms with Crippen LogP contribution in [0.15, 0.2) is 42.5 Å². The highest BCUT2D eigenvalue weighted by Crippen LogP contribution is 2.21. The number of carbonyl (C=O) groups excluding carboxylic acids is 1. The van der Waals surface area contributed by atoms with Crippen molar-refractivity contribution in [2.24, 2.45) is 0 Å². The molecule has 1 aromatic heterocycles. The van der Waals surface area contributed by atoms with E-state index in [0.29, 0.717) is 12.2 Å². The predicted octanol–water partition coefficient (Wildman–Crippen LogP) is 3.36. The van der Waals surface area contributed by atoms with Crippen LogP contribution in [-0.4, -0.2) is 12.5 Å². The summed E-state index contributed by atoms with van der Waals surface area (Å²) in [5.41, 5.74) is 7.25. The Kier molecular flexibility index (Phi) is 5.21. The minimum atomic E-state index is -0.107. The predicted molar refractivity (Wildman–Crippen MR) is 85.9 cm³/mol. The number of hydrogen-bond donors (Lipinski definition) is 2. The zero-order valence-electron chi connectivity index (χ0n) is 10.8. The molecule has 20 heavy (non-hydrogen) atoms. The van der Waals surface area contributed by atoms with Crippen LogP contribution in [0.25, 0.3) is 6.08 Å². The Morgan fingerprint density at radius 2 is 2.00 bits per heavy atom. The highest BCUT2D eigenvalue weighted by Gasteiger charge is 1.99. The summed E-state index contributed by atoms with van der Waals surface area (Å²) in [5.74, 6) is -0.107. The van der Waals surface area contributed by atoms with Crippen molar-refractivity contribution in [2.75, 3.05) is 12.3 Å². The Morgan fingerprint density at radius 3 is 2.65 bits per heavy atom. The molecule has 0 aliphatic carbocycles. The smallest absolute Gasteiger partial charge is 0.244 e. The van der Waals surface area contributed by atoms with Crippen molar-refractivity contribution >= 4 is 40.6 Å². The van der Waals surface area contributed by atoms with Gasteiger partial charge in [0.15, 0.2) is 0 Å². The molecule has 0 aliphatic heterocycles. The van der Waals surface area contributed by atoms with Crippen molar-refractivity contribution in [3.05, 3.63) is 57.3 Å². The molecule has 2 rings (SSSR count). The maximum absolute atomic E-state index is 11.6. The van der Waals surface area contributed by atoms with E-state index in [1.807, 2.05) is 24.3 Å². The van der Waals surface area contributed by atoms with Crippen molar-refractivity contribution in [3.8, 4) is 0 Å². The van der Waals surface area contributed by atoms with Gasteiger partial charge in [0, 0.05) is 23.2 Å². The van der Waals surface area contributed by atoms with Gasteiger partial charge in [0.2, 0.25) is 5.91 Å². The molecule has 0 fully saturated rings. The normalized spacial score (nSPS) is 10.8. The lowest BCUT2D eigenvalue weighted by Gasteiger charge is -2.00. The first-order valence-electron chi connectivity index (χ1n) is 6.19. The highest BCUT2D eigenvalue weighted by atomic mass is 35.5. The van der Waals surface area contributed by atoms with E-state index in [1.54, 1.807) is 18.2 Å². The molecule has 5 heteroatoms. The van der Waals surface area contributed by atoms with E-state index in [4.69, 9.17) is 17.3 Å². The summed E-state index contributed by atoms with van der Waals surface area (Å²) >= 11 is 7.38. The first kappa shape index (κ1) is 14.6. The third-order valence-corrected chi connectivity index (χ3v) is 3.95. The molecule has 0 bridgehead atoms. The molecule has 0 unspecified atom stereocenters. The van der Waals surface area contributed by atoms with Gasteiger partial charge in [0.25, 0.3) is 0 Å². The summed E-state index contributed by atoms with van der Waals surface area (Å²) < 4.78 is 0.773. The zero-order chi connectivity index (χ0) is 14.4. The first-order chi connectivity index (χ1) is 9.63. The molecule has 1 amide bonds. The van der Waals surface area contributed by atoms with Gasteiger partial charge in [-0.2, -0.15) is 0 Å². The van der Waals surface area contributed by atoms with E-state index in [0.717, 1.165) is 21.2 Å². The topological polar surface area (TPSA) is 55.1 Å². The second kappa shape index (κ2) is 7.12. The number of carbonyl (C=O) groups is 1. The Balaban J connectivity index is 1.76. The van der Waals surface area contributed by atoms with Crippen molar-refractivity contribution in [1.29, 1.82) is 0 Å². The number of benzene rings is 1. The molecule has 0 saturated carbocycles. The highest BCUT2D eigenvalue weighted by molar-refractivity contribution is 7.16. The molecule has 1 heterocycles. The lowest BCUT2D eigenvalue weighted by Crippen LogP contribution is -2.23. The van der Waals surface area contributed by atoms with Gasteiger partial charge < -0.3 is 11.1 Å². The molecule has 1 aromatic carbocycles. The minimum absolute atomic E-state index is 0.107. The van der Waals surface area contributed by atoms with Gasteiger partial charge >= 0.3 is 0 Å². The summed E-state index contributed by atoms with van der Waals surface area (Å²) in [6, 6.07) is 11.2. The van der Waals surface area contributed by atoms with Crippen LogP contribution in [0, 0.1) is 0 Å². The monoisotopic (exact) mass is 306 g/mol. The van der Waals surface area contributed by atoms with E-state index < -0.39 is 0 Å². The van der Waals surface area contributed by atoms with Crippen molar-refractivity contribution < 1.29 is 4.79 Å². The molecule has 0 saturated heterocycles. The third-order valence-electron chi connectivity index (χ3n) is 2.66. The number of anilines is 1. The first-order valence-corrected chi connectivity index (χ1v) is 7.38. The number of hydrogen-bond acceptors (Lipinski definition) is 3. The van der Waals surface area contributed by atoms with Crippen molar-refractivity contribution in [1.82, 2.24) is 5.32 Å². The second-order valence-electron chi connectivity index (χ2n) is 4.25. The number of nitrogens with two attached hydrogens (primary N) is 1. The van der Waals surface area contributed by atoms with E-state index in [2.05, 4.69) is 5.32 Å². The SMILES string of the molecule is Nc1ccc(/C=C/C(=O)NCCc2ccc(Cl)s2)cc1. The van der Waals surface area contributed by atoms with Gasteiger partial charge in [-0.25, -0.2) is 0 Å². The van der Waals surface area contributed by atoms with Gasteiger partial charge in [-0.05, 0) is 42.3 Å². The number of nitrogens with one attached hydrogen (secondary N) is 1. The van der Waals surface area contributed by atoms with E-state index in [-0.39, 0.29) is 5.91 Å². The van der Waals surface area contributed by atoms with Crippen LogP contribution >= 0.6 is 22.9 Å². The molecule has 0 atom stereocenters. The van der Waals surface area contributed by atoms with Gasteiger partial charge in [0.1, 0.15) is 0 Å². The average molecular weight is 307 g/mol. The fourth-order valence-electron chi connectivity index (χ4n) is 1.63. The third kappa shape index (κ3) is 4.72.